The Bertz CT molecular complexity index is 436. The monoisotopic (exact) mass is 258 g/mol. The van der Waals surface area contributed by atoms with E-state index >= 15 is 0 Å². The molecule has 0 bridgehead atoms. The first-order valence-electron chi connectivity index (χ1n) is 5.92. The first-order chi connectivity index (χ1) is 8.54. The van der Waals surface area contributed by atoms with Gasteiger partial charge in [-0.3, -0.25) is 0 Å². The molecule has 2 aliphatic rings. The van der Waals surface area contributed by atoms with Gasteiger partial charge in [-0.1, -0.05) is 0 Å². The number of fused-ring (bicyclic) bond motifs is 1. The smallest absolute Gasteiger partial charge is 0.339 e. The molecule has 18 heavy (non-hydrogen) atoms. The summed E-state index contributed by atoms with van der Waals surface area (Å²) >= 11 is 0. The molecular formula is C11H13F3N4. The maximum atomic E-state index is 12.6. The number of hydrogen-bond donors (Lipinski definition) is 1. The molecule has 0 aliphatic carbocycles. The number of anilines is 1. The number of hydrogen-bond acceptors (Lipinski definition) is 4. The molecule has 3 rings (SSSR count). The van der Waals surface area contributed by atoms with Gasteiger partial charge in [-0.05, 0) is 24.9 Å². The Balaban J connectivity index is 1.81. The Kier molecular flexibility index (Phi) is 2.65. The van der Waals surface area contributed by atoms with Crippen LogP contribution in [0.15, 0.2) is 12.3 Å². The lowest BCUT2D eigenvalue weighted by atomic mass is 10.1. The lowest BCUT2D eigenvalue weighted by Gasteiger charge is -2.18. The van der Waals surface area contributed by atoms with Gasteiger partial charge in [0.15, 0.2) is 0 Å². The van der Waals surface area contributed by atoms with Crippen molar-refractivity contribution < 1.29 is 13.2 Å². The fourth-order valence-electron chi connectivity index (χ4n) is 2.67. The normalized spacial score (nSPS) is 27.6. The van der Waals surface area contributed by atoms with E-state index < -0.39 is 11.9 Å². The number of aromatic nitrogens is 2. The summed E-state index contributed by atoms with van der Waals surface area (Å²) in [4.78, 5) is 9.39. The second-order valence-corrected chi connectivity index (χ2v) is 4.75. The first kappa shape index (κ1) is 11.7. The standard InChI is InChI=1S/C11H13F3N4/c12-11(13,14)9-2-4-16-10(17-9)18-5-7-1-3-15-8(7)6-18/h2,4,7-8,15H,1,3,5-6H2/t7-,8+/m0/s1. The van der Waals surface area contributed by atoms with E-state index in [2.05, 4.69) is 15.3 Å². The molecule has 98 valence electrons. The lowest BCUT2D eigenvalue weighted by Crippen LogP contribution is -2.31. The van der Waals surface area contributed by atoms with E-state index in [1.165, 1.54) is 6.20 Å². The summed E-state index contributed by atoms with van der Waals surface area (Å²) in [7, 11) is 0. The Labute approximate surface area is 102 Å². The molecule has 1 N–H and O–H groups in total. The Morgan fingerprint density at radius 3 is 2.89 bits per heavy atom. The topological polar surface area (TPSA) is 41.1 Å². The zero-order valence-corrected chi connectivity index (χ0v) is 9.61. The van der Waals surface area contributed by atoms with Crippen LogP contribution in [0.5, 0.6) is 0 Å². The van der Waals surface area contributed by atoms with Crippen LogP contribution in [0.3, 0.4) is 0 Å². The molecule has 1 aromatic heterocycles. The molecule has 0 amide bonds. The van der Waals surface area contributed by atoms with E-state index in [0.717, 1.165) is 25.6 Å². The van der Waals surface area contributed by atoms with Gasteiger partial charge in [0.25, 0.3) is 0 Å². The summed E-state index contributed by atoms with van der Waals surface area (Å²) in [5.74, 6) is 0.684. The second-order valence-electron chi connectivity index (χ2n) is 4.75. The van der Waals surface area contributed by atoms with Crippen molar-refractivity contribution in [3.05, 3.63) is 18.0 Å². The highest BCUT2D eigenvalue weighted by molar-refractivity contribution is 5.34. The molecule has 7 heteroatoms. The fourth-order valence-corrected chi connectivity index (χ4v) is 2.67. The van der Waals surface area contributed by atoms with Crippen molar-refractivity contribution in [2.45, 2.75) is 18.6 Å². The van der Waals surface area contributed by atoms with Crippen molar-refractivity contribution in [1.82, 2.24) is 15.3 Å². The van der Waals surface area contributed by atoms with Gasteiger partial charge in [0.2, 0.25) is 5.95 Å². The van der Waals surface area contributed by atoms with E-state index in [0.29, 0.717) is 18.5 Å². The average molecular weight is 258 g/mol. The number of rotatable bonds is 1. The zero-order chi connectivity index (χ0) is 12.8. The average Bonchev–Trinajstić information content (AvgIpc) is 2.88. The molecule has 1 aromatic rings. The molecule has 0 unspecified atom stereocenters. The third-order valence-corrected chi connectivity index (χ3v) is 3.58. The summed E-state index contributed by atoms with van der Waals surface area (Å²) in [6, 6.07) is 1.27. The quantitative estimate of drug-likeness (QED) is 0.824. The van der Waals surface area contributed by atoms with Crippen LogP contribution in [0.1, 0.15) is 12.1 Å². The lowest BCUT2D eigenvalue weighted by molar-refractivity contribution is -0.141. The fraction of sp³-hybridized carbons (Fsp3) is 0.636. The summed E-state index contributed by atoms with van der Waals surface area (Å²) in [6.07, 6.45) is -2.17. The van der Waals surface area contributed by atoms with Crippen molar-refractivity contribution in [1.29, 1.82) is 0 Å². The highest BCUT2D eigenvalue weighted by Crippen LogP contribution is 2.30. The van der Waals surface area contributed by atoms with Crippen LogP contribution in [-0.4, -0.2) is 35.6 Å². The highest BCUT2D eigenvalue weighted by Gasteiger charge is 2.38. The Morgan fingerprint density at radius 1 is 1.33 bits per heavy atom. The summed E-state index contributed by atoms with van der Waals surface area (Å²) in [5, 5.41) is 3.34. The molecule has 4 nitrogen and oxygen atoms in total. The largest absolute Gasteiger partial charge is 0.433 e. The molecule has 0 spiro atoms. The molecule has 2 saturated heterocycles. The van der Waals surface area contributed by atoms with Crippen molar-refractivity contribution >= 4 is 5.95 Å². The number of nitrogens with one attached hydrogen (secondary N) is 1. The van der Waals surface area contributed by atoms with E-state index in [4.69, 9.17) is 0 Å². The molecule has 3 heterocycles. The second kappa shape index (κ2) is 4.08. The summed E-state index contributed by atoms with van der Waals surface area (Å²) < 4.78 is 37.7. The Morgan fingerprint density at radius 2 is 2.17 bits per heavy atom. The molecule has 2 atom stereocenters. The minimum absolute atomic E-state index is 0.182. The van der Waals surface area contributed by atoms with Gasteiger partial charge < -0.3 is 10.2 Å². The third kappa shape index (κ3) is 2.03. The van der Waals surface area contributed by atoms with Gasteiger partial charge >= 0.3 is 6.18 Å². The number of nitrogens with zero attached hydrogens (tertiary/aromatic N) is 3. The van der Waals surface area contributed by atoms with Crippen LogP contribution in [0.4, 0.5) is 19.1 Å². The highest BCUT2D eigenvalue weighted by atomic mass is 19.4. The van der Waals surface area contributed by atoms with E-state index in [-0.39, 0.29) is 5.95 Å². The van der Waals surface area contributed by atoms with E-state index in [9.17, 15) is 13.2 Å². The van der Waals surface area contributed by atoms with Crippen LogP contribution < -0.4 is 10.2 Å². The maximum Gasteiger partial charge on any atom is 0.433 e. The SMILES string of the molecule is FC(F)(F)c1ccnc(N2C[C@@H]3CCN[C@@H]3C2)n1. The van der Waals surface area contributed by atoms with Crippen LogP contribution >= 0.6 is 0 Å². The minimum Gasteiger partial charge on any atom is -0.339 e. The van der Waals surface area contributed by atoms with Gasteiger partial charge in [0.1, 0.15) is 5.69 Å². The molecule has 0 aromatic carbocycles. The summed E-state index contributed by atoms with van der Waals surface area (Å²) in [6.45, 7) is 2.41. The van der Waals surface area contributed by atoms with Crippen molar-refractivity contribution in [3.63, 3.8) is 0 Å². The molecule has 2 fully saturated rings. The predicted molar refractivity (Wildman–Crippen MR) is 59.1 cm³/mol. The van der Waals surface area contributed by atoms with E-state index in [1.807, 2.05) is 4.90 Å². The molecular weight excluding hydrogens is 245 g/mol. The van der Waals surface area contributed by atoms with Crippen LogP contribution in [0.2, 0.25) is 0 Å². The zero-order valence-electron chi connectivity index (χ0n) is 9.61. The third-order valence-electron chi connectivity index (χ3n) is 3.58. The molecule has 2 aliphatic heterocycles. The molecule has 0 radical (unpaired) electrons. The predicted octanol–water partition coefficient (Wildman–Crippen LogP) is 1.29. The van der Waals surface area contributed by atoms with Crippen LogP contribution in [0.25, 0.3) is 0 Å². The van der Waals surface area contributed by atoms with Crippen molar-refractivity contribution in [3.8, 4) is 0 Å². The van der Waals surface area contributed by atoms with Gasteiger partial charge in [0.05, 0.1) is 0 Å². The summed E-state index contributed by atoms with van der Waals surface area (Å²) in [5.41, 5.74) is -0.877. The van der Waals surface area contributed by atoms with Crippen LogP contribution in [0, 0.1) is 5.92 Å². The number of halogens is 3. The van der Waals surface area contributed by atoms with E-state index in [1.54, 1.807) is 0 Å². The van der Waals surface area contributed by atoms with Gasteiger partial charge in [-0.25, -0.2) is 9.97 Å². The van der Waals surface area contributed by atoms with Crippen LogP contribution in [-0.2, 0) is 6.18 Å². The minimum atomic E-state index is -4.41. The molecule has 0 saturated carbocycles. The maximum absolute atomic E-state index is 12.6. The van der Waals surface area contributed by atoms with Crippen molar-refractivity contribution in [2.75, 3.05) is 24.5 Å². The van der Waals surface area contributed by atoms with Crippen molar-refractivity contribution in [2.24, 2.45) is 5.92 Å². The van der Waals surface area contributed by atoms with Gasteiger partial charge in [0, 0.05) is 25.3 Å². The van der Waals surface area contributed by atoms with Gasteiger partial charge in [-0.2, -0.15) is 13.2 Å². The Hall–Kier alpha value is -1.37. The first-order valence-corrected chi connectivity index (χ1v) is 5.92. The van der Waals surface area contributed by atoms with Gasteiger partial charge in [-0.15, -0.1) is 0 Å². The number of alkyl halides is 3.